The van der Waals surface area contributed by atoms with Crippen LogP contribution in [0.3, 0.4) is 0 Å². The van der Waals surface area contributed by atoms with Crippen molar-refractivity contribution in [1.82, 2.24) is 4.90 Å². The van der Waals surface area contributed by atoms with Crippen molar-refractivity contribution in [3.05, 3.63) is 29.3 Å². The van der Waals surface area contributed by atoms with Gasteiger partial charge in [-0.05, 0) is 24.5 Å². The lowest BCUT2D eigenvalue weighted by Gasteiger charge is -2.46. The molecule has 1 aliphatic carbocycles. The third-order valence-corrected chi connectivity index (χ3v) is 6.00. The molecule has 5 nitrogen and oxygen atoms in total. The summed E-state index contributed by atoms with van der Waals surface area (Å²) in [6.07, 6.45) is 7.00. The van der Waals surface area contributed by atoms with Crippen LogP contribution in [0.2, 0.25) is 0 Å². The van der Waals surface area contributed by atoms with Crippen LogP contribution in [0.5, 0.6) is 17.2 Å². The van der Waals surface area contributed by atoms with Gasteiger partial charge < -0.3 is 18.9 Å². The van der Waals surface area contributed by atoms with Crippen LogP contribution < -0.4 is 14.2 Å². The molecule has 4 aliphatic rings. The molecule has 2 bridgehead atoms. The van der Waals surface area contributed by atoms with Crippen molar-refractivity contribution in [2.24, 2.45) is 0 Å². The van der Waals surface area contributed by atoms with E-state index >= 15 is 0 Å². The highest BCUT2D eigenvalue weighted by atomic mass is 16.7. The SMILES string of the molecule is COc1c2c(cc3c1OCO3)[C@@]13C=C[C@H](OC)C[C@H]1N(CC3)C2. The van der Waals surface area contributed by atoms with Gasteiger partial charge in [-0.1, -0.05) is 12.2 Å². The highest BCUT2D eigenvalue weighted by molar-refractivity contribution is 5.64. The number of methoxy groups -OCH3 is 2. The second kappa shape index (κ2) is 4.65. The van der Waals surface area contributed by atoms with E-state index in [4.69, 9.17) is 18.9 Å². The molecule has 3 aliphatic heterocycles. The molecule has 1 saturated heterocycles. The van der Waals surface area contributed by atoms with Crippen molar-refractivity contribution < 1.29 is 18.9 Å². The molecule has 0 aromatic heterocycles. The van der Waals surface area contributed by atoms with Crippen LogP contribution in [0, 0.1) is 0 Å². The Kier molecular flexibility index (Phi) is 2.77. The van der Waals surface area contributed by atoms with Gasteiger partial charge in [-0.2, -0.15) is 0 Å². The topological polar surface area (TPSA) is 40.2 Å². The molecule has 122 valence electrons. The van der Waals surface area contributed by atoms with Crippen LogP contribution in [0.25, 0.3) is 0 Å². The number of hydrogen-bond acceptors (Lipinski definition) is 5. The summed E-state index contributed by atoms with van der Waals surface area (Å²) >= 11 is 0. The molecule has 5 rings (SSSR count). The lowest BCUT2D eigenvalue weighted by molar-refractivity contribution is 0.0744. The first kappa shape index (κ1) is 13.7. The van der Waals surface area contributed by atoms with Gasteiger partial charge in [0.2, 0.25) is 12.5 Å². The maximum Gasteiger partial charge on any atom is 0.231 e. The number of benzene rings is 1. The average Bonchev–Trinajstić information content (AvgIpc) is 3.15. The lowest BCUT2D eigenvalue weighted by atomic mass is 9.66. The second-order valence-electron chi connectivity index (χ2n) is 6.82. The van der Waals surface area contributed by atoms with Gasteiger partial charge in [0.15, 0.2) is 11.5 Å². The summed E-state index contributed by atoms with van der Waals surface area (Å²) in [5, 5.41) is 0. The van der Waals surface area contributed by atoms with Gasteiger partial charge in [0.1, 0.15) is 0 Å². The summed E-state index contributed by atoms with van der Waals surface area (Å²) in [6.45, 7) is 2.29. The molecule has 5 heteroatoms. The summed E-state index contributed by atoms with van der Waals surface area (Å²) in [4.78, 5) is 2.57. The van der Waals surface area contributed by atoms with E-state index < -0.39 is 0 Å². The summed E-state index contributed by atoms with van der Waals surface area (Å²) in [6, 6.07) is 2.68. The van der Waals surface area contributed by atoms with Crippen LogP contribution in [-0.2, 0) is 16.7 Å². The lowest BCUT2D eigenvalue weighted by Crippen LogP contribution is -2.49. The maximum absolute atomic E-state index is 5.72. The molecule has 1 unspecified atom stereocenters. The predicted octanol–water partition coefficient (Wildman–Crippen LogP) is 2.22. The first-order valence-electron chi connectivity index (χ1n) is 8.23. The molecule has 4 atom stereocenters. The fraction of sp³-hybridized carbons (Fsp3) is 0.556. The van der Waals surface area contributed by atoms with Gasteiger partial charge in [0.25, 0.3) is 0 Å². The van der Waals surface area contributed by atoms with Crippen LogP contribution in [0.1, 0.15) is 24.0 Å². The van der Waals surface area contributed by atoms with Gasteiger partial charge >= 0.3 is 0 Å². The van der Waals surface area contributed by atoms with Crippen molar-refractivity contribution in [3.8, 4) is 17.2 Å². The normalized spacial score (nSPS) is 35.8. The minimum atomic E-state index is 0.0525. The Morgan fingerprint density at radius 2 is 2.22 bits per heavy atom. The van der Waals surface area contributed by atoms with E-state index in [9.17, 15) is 0 Å². The van der Waals surface area contributed by atoms with E-state index in [1.807, 2.05) is 0 Å². The van der Waals surface area contributed by atoms with Gasteiger partial charge in [-0.3, -0.25) is 4.90 Å². The zero-order valence-electron chi connectivity index (χ0n) is 13.5. The molecule has 3 heterocycles. The average molecular weight is 315 g/mol. The van der Waals surface area contributed by atoms with Crippen LogP contribution >= 0.6 is 0 Å². The minimum Gasteiger partial charge on any atom is -0.492 e. The quantitative estimate of drug-likeness (QED) is 0.783. The monoisotopic (exact) mass is 315 g/mol. The Labute approximate surface area is 135 Å². The third kappa shape index (κ3) is 1.64. The van der Waals surface area contributed by atoms with E-state index in [0.717, 1.165) is 43.2 Å². The number of hydrogen-bond donors (Lipinski definition) is 0. The van der Waals surface area contributed by atoms with Crippen molar-refractivity contribution in [2.75, 3.05) is 27.6 Å². The molecule has 1 aromatic carbocycles. The Morgan fingerprint density at radius 3 is 3.04 bits per heavy atom. The van der Waals surface area contributed by atoms with Crippen molar-refractivity contribution in [1.29, 1.82) is 0 Å². The van der Waals surface area contributed by atoms with Gasteiger partial charge in [0.05, 0.1) is 13.2 Å². The first-order chi connectivity index (χ1) is 11.3. The number of rotatable bonds is 2. The van der Waals surface area contributed by atoms with Gasteiger partial charge in [-0.25, -0.2) is 0 Å². The van der Waals surface area contributed by atoms with E-state index in [0.29, 0.717) is 6.04 Å². The molecular formula is C18H21NO4. The number of fused-ring (bicyclic) bond motifs is 2. The van der Waals surface area contributed by atoms with Crippen LogP contribution in [-0.4, -0.2) is 44.6 Å². The largest absolute Gasteiger partial charge is 0.492 e. The van der Waals surface area contributed by atoms with E-state index in [-0.39, 0.29) is 18.3 Å². The third-order valence-electron chi connectivity index (χ3n) is 6.00. The molecule has 1 aromatic rings. The predicted molar refractivity (Wildman–Crippen MR) is 84.2 cm³/mol. The van der Waals surface area contributed by atoms with Gasteiger partial charge in [0, 0.05) is 37.2 Å². The Morgan fingerprint density at radius 1 is 1.30 bits per heavy atom. The molecule has 0 saturated carbocycles. The minimum absolute atomic E-state index is 0.0525. The summed E-state index contributed by atoms with van der Waals surface area (Å²) < 4.78 is 22.6. The van der Waals surface area contributed by atoms with E-state index in [2.05, 4.69) is 23.1 Å². The zero-order chi connectivity index (χ0) is 15.6. The van der Waals surface area contributed by atoms with Crippen molar-refractivity contribution >= 4 is 0 Å². The first-order valence-corrected chi connectivity index (χ1v) is 8.23. The molecule has 0 amide bonds. The molecule has 0 N–H and O–H groups in total. The standard InChI is InChI=1S/C18H21NO4/c1-20-11-3-4-18-5-6-19(15(18)7-11)9-12-13(18)8-14-17(16(12)21-2)23-10-22-14/h3-4,8,11,15H,5-7,9-10H2,1-2H3/t11-,15+,18-/m0/s1. The van der Waals surface area contributed by atoms with E-state index in [1.54, 1.807) is 14.2 Å². The summed E-state index contributed by atoms with van der Waals surface area (Å²) in [7, 11) is 3.51. The smallest absolute Gasteiger partial charge is 0.231 e. The zero-order valence-corrected chi connectivity index (χ0v) is 13.5. The molecule has 1 fully saturated rings. The fourth-order valence-electron chi connectivity index (χ4n) is 4.92. The number of ether oxygens (including phenoxy) is 4. The molecule has 0 radical (unpaired) electrons. The maximum atomic E-state index is 5.72. The highest BCUT2D eigenvalue weighted by Crippen LogP contribution is 2.57. The second-order valence-corrected chi connectivity index (χ2v) is 6.82. The number of nitrogens with zero attached hydrogens (tertiary/aromatic N) is 1. The van der Waals surface area contributed by atoms with Crippen LogP contribution in [0.4, 0.5) is 0 Å². The molecular weight excluding hydrogens is 294 g/mol. The Balaban J connectivity index is 1.73. The highest BCUT2D eigenvalue weighted by Gasteiger charge is 2.54. The molecule has 0 spiro atoms. The Bertz CT molecular complexity index is 701. The van der Waals surface area contributed by atoms with Gasteiger partial charge in [-0.15, -0.1) is 0 Å². The Hall–Kier alpha value is -1.72. The summed E-state index contributed by atoms with van der Waals surface area (Å²) in [5.41, 5.74) is 2.66. The van der Waals surface area contributed by atoms with Crippen molar-refractivity contribution in [2.45, 2.75) is 36.9 Å². The van der Waals surface area contributed by atoms with E-state index in [1.165, 1.54) is 11.1 Å². The summed E-state index contributed by atoms with van der Waals surface area (Å²) in [5.74, 6) is 2.43. The van der Waals surface area contributed by atoms with Crippen molar-refractivity contribution in [3.63, 3.8) is 0 Å². The fourth-order valence-corrected chi connectivity index (χ4v) is 4.92. The van der Waals surface area contributed by atoms with Crippen LogP contribution in [0.15, 0.2) is 18.2 Å². The molecule has 23 heavy (non-hydrogen) atoms.